The minimum Gasteiger partial charge on any atom is -0.358 e. The van der Waals surface area contributed by atoms with Crippen LogP contribution in [0.25, 0.3) is 22.8 Å². The molecule has 1 fully saturated rings. The van der Waals surface area contributed by atoms with Gasteiger partial charge in [0, 0.05) is 24.8 Å². The van der Waals surface area contributed by atoms with E-state index in [9.17, 15) is 4.79 Å². The summed E-state index contributed by atoms with van der Waals surface area (Å²) in [6.07, 6.45) is 6.12. The lowest BCUT2D eigenvalue weighted by atomic mass is 10.0. The first-order chi connectivity index (χ1) is 17.1. The molecule has 172 valence electrons. The van der Waals surface area contributed by atoms with E-state index in [-0.39, 0.29) is 24.8 Å². The van der Waals surface area contributed by atoms with Gasteiger partial charge in [0.2, 0.25) is 5.91 Å². The molecular formula is C23H28N8O2. The number of amides is 1. The maximum atomic E-state index is 12.9. The van der Waals surface area contributed by atoms with Crippen LogP contribution in [0.15, 0.2) is 24.7 Å². The summed E-state index contributed by atoms with van der Waals surface area (Å²) in [5.41, 5.74) is 1.47. The summed E-state index contributed by atoms with van der Waals surface area (Å²) >= 11 is 0. The third-order valence-corrected chi connectivity index (χ3v) is 5.61. The molecule has 1 unspecified atom stereocenters. The highest BCUT2D eigenvalue weighted by Crippen LogP contribution is 2.34. The van der Waals surface area contributed by atoms with E-state index in [2.05, 4.69) is 30.4 Å². The van der Waals surface area contributed by atoms with Gasteiger partial charge in [-0.15, -0.1) is 5.10 Å². The summed E-state index contributed by atoms with van der Waals surface area (Å²) < 4.78 is 31.6. The van der Waals surface area contributed by atoms with Gasteiger partial charge in [0.25, 0.3) is 0 Å². The SMILES string of the molecule is [2H]CC(C)(C)N1C(=O)C([2H])([2H])Nc2ncc(-c3ccc(-c4ncn(C5CCCCO5)n4)nc3C)nc21. The van der Waals surface area contributed by atoms with Crippen molar-refractivity contribution in [3.63, 3.8) is 0 Å². The summed E-state index contributed by atoms with van der Waals surface area (Å²) in [6.45, 7) is 3.46. The van der Waals surface area contributed by atoms with Crippen LogP contribution < -0.4 is 10.2 Å². The quantitative estimate of drug-likeness (QED) is 0.645. The maximum Gasteiger partial charge on any atom is 0.248 e. The number of hydrogen-bond donors (Lipinski definition) is 1. The highest BCUT2D eigenvalue weighted by Gasteiger charge is 2.35. The molecule has 0 bridgehead atoms. The highest BCUT2D eigenvalue weighted by molar-refractivity contribution is 6.02. The van der Waals surface area contributed by atoms with Crippen molar-refractivity contribution in [3.05, 3.63) is 30.4 Å². The zero-order valence-corrected chi connectivity index (χ0v) is 18.9. The number of nitrogens with one attached hydrogen (secondary N) is 1. The Labute approximate surface area is 196 Å². The van der Waals surface area contributed by atoms with E-state index >= 15 is 0 Å². The number of nitrogens with zero attached hydrogens (tertiary/aromatic N) is 7. The lowest BCUT2D eigenvalue weighted by Gasteiger charge is -2.38. The van der Waals surface area contributed by atoms with Crippen LogP contribution in [-0.2, 0) is 9.53 Å². The second-order valence-electron chi connectivity index (χ2n) is 8.83. The van der Waals surface area contributed by atoms with E-state index in [0.717, 1.165) is 25.9 Å². The Bertz CT molecular complexity index is 1310. The molecule has 1 N–H and O–H groups in total. The normalized spacial score (nSPS) is 21.5. The Hall–Kier alpha value is -3.40. The number of carbonyl (C=O) groups excluding carboxylic acids is 1. The molecule has 0 saturated carbocycles. The van der Waals surface area contributed by atoms with E-state index in [1.54, 1.807) is 30.9 Å². The molecule has 5 heterocycles. The first-order valence-electron chi connectivity index (χ1n) is 12.6. The Morgan fingerprint density at radius 2 is 2.12 bits per heavy atom. The van der Waals surface area contributed by atoms with Crippen molar-refractivity contribution in [2.75, 3.05) is 23.3 Å². The number of aromatic nitrogens is 6. The number of rotatable bonds is 3. The summed E-state index contributed by atoms with van der Waals surface area (Å²) in [6, 6.07) is 3.65. The van der Waals surface area contributed by atoms with E-state index in [4.69, 9.17) is 8.85 Å². The van der Waals surface area contributed by atoms with Crippen LogP contribution in [0.5, 0.6) is 0 Å². The standard InChI is InChI=1S/C23H28N8O2/c1-14-15(17-11-24-21-22(28-17)31(23(2,3)4)18(32)12-25-21)8-9-16(27-14)20-26-13-30(29-20)19-7-5-6-10-33-19/h8-9,11,13,19H,5-7,10,12H2,1-4H3,(H,24,25)/i2D,12D2. The Balaban J connectivity index is 1.48. The van der Waals surface area contributed by atoms with Crippen molar-refractivity contribution in [1.82, 2.24) is 29.7 Å². The monoisotopic (exact) mass is 451 g/mol. The van der Waals surface area contributed by atoms with Gasteiger partial charge in [0.15, 0.2) is 23.7 Å². The van der Waals surface area contributed by atoms with Crippen molar-refractivity contribution in [1.29, 1.82) is 0 Å². The first kappa shape index (κ1) is 18.1. The van der Waals surface area contributed by atoms with Gasteiger partial charge < -0.3 is 10.1 Å². The fraction of sp³-hybridized carbons (Fsp3) is 0.478. The zero-order chi connectivity index (χ0) is 25.7. The zero-order valence-electron chi connectivity index (χ0n) is 21.9. The second-order valence-corrected chi connectivity index (χ2v) is 8.83. The van der Waals surface area contributed by atoms with E-state index < -0.39 is 17.9 Å². The number of ether oxygens (including phenoxy) is 1. The number of carbonyl (C=O) groups is 1. The van der Waals surface area contributed by atoms with Gasteiger partial charge in [0.05, 0.1) is 21.1 Å². The average molecular weight is 452 g/mol. The number of aryl methyl sites for hydroxylation is 1. The maximum absolute atomic E-state index is 12.9. The second kappa shape index (κ2) is 8.18. The van der Waals surface area contributed by atoms with Crippen LogP contribution in [0.3, 0.4) is 0 Å². The lowest BCUT2D eigenvalue weighted by molar-refractivity contribution is -0.118. The Morgan fingerprint density at radius 1 is 1.24 bits per heavy atom. The molecule has 0 radical (unpaired) electrons. The number of anilines is 2. The van der Waals surface area contributed by atoms with Crippen LogP contribution in [-0.4, -0.2) is 54.3 Å². The molecule has 1 saturated heterocycles. The third kappa shape index (κ3) is 4.06. The highest BCUT2D eigenvalue weighted by atomic mass is 16.5. The van der Waals surface area contributed by atoms with Crippen molar-refractivity contribution in [2.45, 2.75) is 58.7 Å². The summed E-state index contributed by atoms with van der Waals surface area (Å²) in [5, 5.41) is 7.09. The lowest BCUT2D eigenvalue weighted by Crippen LogP contribution is -2.51. The van der Waals surface area contributed by atoms with Crippen LogP contribution in [0.2, 0.25) is 0 Å². The molecule has 2 aliphatic heterocycles. The van der Waals surface area contributed by atoms with Gasteiger partial charge in [-0.1, -0.05) is 0 Å². The van der Waals surface area contributed by atoms with Crippen LogP contribution in [0.1, 0.15) is 56.0 Å². The molecule has 2 aliphatic rings. The van der Waals surface area contributed by atoms with Crippen molar-refractivity contribution >= 4 is 17.5 Å². The minimum absolute atomic E-state index is 0.107. The molecule has 3 aromatic heterocycles. The van der Waals surface area contributed by atoms with Crippen LogP contribution >= 0.6 is 0 Å². The third-order valence-electron chi connectivity index (χ3n) is 5.61. The van der Waals surface area contributed by atoms with Crippen molar-refractivity contribution < 1.29 is 13.6 Å². The van der Waals surface area contributed by atoms with Gasteiger partial charge in [-0.2, -0.15) is 0 Å². The molecule has 33 heavy (non-hydrogen) atoms. The molecule has 1 atom stereocenters. The molecular weight excluding hydrogens is 420 g/mol. The molecule has 0 spiro atoms. The van der Waals surface area contributed by atoms with Gasteiger partial charge in [-0.25, -0.2) is 24.6 Å². The fourth-order valence-electron chi connectivity index (χ4n) is 4.00. The molecule has 0 aromatic carbocycles. The molecule has 3 aromatic rings. The van der Waals surface area contributed by atoms with E-state index in [1.165, 1.54) is 11.1 Å². The van der Waals surface area contributed by atoms with Gasteiger partial charge in [-0.3, -0.25) is 9.69 Å². The van der Waals surface area contributed by atoms with Crippen molar-refractivity contribution in [2.24, 2.45) is 0 Å². The molecule has 0 aliphatic carbocycles. The topological polar surface area (TPSA) is 111 Å². The molecule has 10 heteroatoms. The predicted molar refractivity (Wildman–Crippen MR) is 124 cm³/mol. The summed E-state index contributed by atoms with van der Waals surface area (Å²) in [5.74, 6) is 0.0104. The first-order valence-corrected chi connectivity index (χ1v) is 10.9. The minimum atomic E-state index is -2.35. The largest absolute Gasteiger partial charge is 0.358 e. The molecule has 1 amide bonds. The van der Waals surface area contributed by atoms with Crippen molar-refractivity contribution in [3.8, 4) is 22.8 Å². The Morgan fingerprint density at radius 3 is 2.88 bits per heavy atom. The van der Waals surface area contributed by atoms with E-state index in [0.29, 0.717) is 28.5 Å². The average Bonchev–Trinajstić information content (AvgIpc) is 3.35. The molecule has 5 rings (SSSR count). The van der Waals surface area contributed by atoms with Gasteiger partial charge in [0.1, 0.15) is 12.0 Å². The number of fused-ring (bicyclic) bond motifs is 1. The van der Waals surface area contributed by atoms with Gasteiger partial charge in [-0.05, 0) is 59.1 Å². The molecule has 10 nitrogen and oxygen atoms in total. The van der Waals surface area contributed by atoms with Gasteiger partial charge >= 0.3 is 0 Å². The summed E-state index contributed by atoms with van der Waals surface area (Å²) in [7, 11) is 0. The predicted octanol–water partition coefficient (Wildman–Crippen LogP) is 3.36. The van der Waals surface area contributed by atoms with E-state index in [1.807, 2.05) is 13.0 Å². The van der Waals surface area contributed by atoms with Crippen LogP contribution in [0, 0.1) is 6.92 Å². The Kier molecular flexibility index (Phi) is 4.48. The number of hydrogen-bond acceptors (Lipinski definition) is 8. The van der Waals surface area contributed by atoms with Crippen LogP contribution in [0.4, 0.5) is 11.6 Å². The smallest absolute Gasteiger partial charge is 0.248 e. The summed E-state index contributed by atoms with van der Waals surface area (Å²) in [4.78, 5) is 32.3. The fourth-order valence-corrected chi connectivity index (χ4v) is 4.00. The number of pyridine rings is 1.